The molecule has 0 saturated carbocycles. The van der Waals surface area contributed by atoms with Gasteiger partial charge in [-0.25, -0.2) is 4.79 Å². The van der Waals surface area contributed by atoms with Gasteiger partial charge < -0.3 is 15.2 Å². The molecule has 0 aromatic heterocycles. The Kier molecular flexibility index (Phi) is 5.54. The third-order valence-electron chi connectivity index (χ3n) is 3.17. The molecule has 2 rings (SSSR count). The molecule has 1 amide bonds. The first-order valence-corrected chi connectivity index (χ1v) is 6.91. The Morgan fingerprint density at radius 1 is 1.14 bits per heavy atom. The number of benzene rings is 2. The van der Waals surface area contributed by atoms with Gasteiger partial charge >= 0.3 is 6.09 Å². The van der Waals surface area contributed by atoms with E-state index in [0.717, 1.165) is 5.56 Å². The first kappa shape index (κ1) is 15.6. The van der Waals surface area contributed by atoms with Crippen molar-refractivity contribution in [2.24, 2.45) is 0 Å². The van der Waals surface area contributed by atoms with Crippen LogP contribution in [0.25, 0.3) is 0 Å². The highest BCUT2D eigenvalue weighted by molar-refractivity contribution is 5.81. The number of carbonyl (C=O) groups is 2. The topological polar surface area (TPSA) is 75.6 Å². The molecule has 5 heteroatoms. The minimum atomic E-state index is -0.517. The van der Waals surface area contributed by atoms with Gasteiger partial charge in [0.05, 0.1) is 5.56 Å². The Bertz CT molecular complexity index is 640. The largest absolute Gasteiger partial charge is 0.507 e. The Labute approximate surface area is 128 Å². The summed E-state index contributed by atoms with van der Waals surface area (Å²) in [6.45, 7) is 0.524. The Morgan fingerprint density at radius 3 is 2.64 bits per heavy atom. The van der Waals surface area contributed by atoms with E-state index in [1.165, 1.54) is 6.07 Å². The summed E-state index contributed by atoms with van der Waals surface area (Å²) in [6.07, 6.45) is 0.526. The van der Waals surface area contributed by atoms with Crippen LogP contribution < -0.4 is 5.32 Å². The maximum atomic E-state index is 11.6. The van der Waals surface area contributed by atoms with Gasteiger partial charge in [-0.1, -0.05) is 42.5 Å². The first-order valence-electron chi connectivity index (χ1n) is 6.91. The van der Waals surface area contributed by atoms with E-state index in [2.05, 4.69) is 5.32 Å². The second-order valence-corrected chi connectivity index (χ2v) is 4.71. The van der Waals surface area contributed by atoms with Crippen LogP contribution in [0.1, 0.15) is 21.5 Å². The summed E-state index contributed by atoms with van der Waals surface area (Å²) in [5.41, 5.74) is 1.84. The van der Waals surface area contributed by atoms with E-state index in [9.17, 15) is 14.7 Å². The highest BCUT2D eigenvalue weighted by Crippen LogP contribution is 2.18. The van der Waals surface area contributed by atoms with E-state index >= 15 is 0 Å². The zero-order chi connectivity index (χ0) is 15.8. The van der Waals surface area contributed by atoms with Crippen LogP contribution in [0.15, 0.2) is 48.5 Å². The number of ether oxygens (including phenoxy) is 1. The summed E-state index contributed by atoms with van der Waals surface area (Å²) in [7, 11) is 0. The van der Waals surface area contributed by atoms with Crippen molar-refractivity contribution in [3.05, 3.63) is 65.2 Å². The fourth-order valence-corrected chi connectivity index (χ4v) is 2.03. The van der Waals surface area contributed by atoms with Crippen LogP contribution in [0.2, 0.25) is 0 Å². The standard InChI is InChI=1S/C17H17NO4/c19-11-15-14(7-4-8-16(15)20)9-10-18-17(21)22-12-13-5-2-1-3-6-13/h1-8,11,20H,9-10,12H2,(H,18,21). The van der Waals surface area contributed by atoms with Crippen molar-refractivity contribution in [1.29, 1.82) is 0 Å². The zero-order valence-corrected chi connectivity index (χ0v) is 12.0. The number of carbonyl (C=O) groups excluding carboxylic acids is 2. The van der Waals surface area contributed by atoms with Gasteiger partial charge in [-0.2, -0.15) is 0 Å². The minimum Gasteiger partial charge on any atom is -0.507 e. The molecule has 0 aliphatic carbocycles. The molecule has 2 aromatic rings. The van der Waals surface area contributed by atoms with Crippen molar-refractivity contribution >= 4 is 12.4 Å². The summed E-state index contributed by atoms with van der Waals surface area (Å²) in [5, 5.41) is 12.2. The van der Waals surface area contributed by atoms with Crippen molar-refractivity contribution in [2.75, 3.05) is 6.54 Å². The van der Waals surface area contributed by atoms with Crippen LogP contribution in [0, 0.1) is 0 Å². The number of phenolic OH excluding ortho intramolecular Hbond substituents is 1. The summed E-state index contributed by atoms with van der Waals surface area (Å²) < 4.78 is 5.08. The van der Waals surface area contributed by atoms with E-state index in [1.54, 1.807) is 12.1 Å². The maximum absolute atomic E-state index is 11.6. The fourth-order valence-electron chi connectivity index (χ4n) is 2.03. The van der Waals surface area contributed by atoms with Crippen LogP contribution >= 0.6 is 0 Å². The van der Waals surface area contributed by atoms with Gasteiger partial charge in [0.1, 0.15) is 12.4 Å². The Hall–Kier alpha value is -2.82. The molecule has 0 saturated heterocycles. The molecule has 2 aromatic carbocycles. The van der Waals surface area contributed by atoms with Crippen LogP contribution in [0.3, 0.4) is 0 Å². The third-order valence-corrected chi connectivity index (χ3v) is 3.17. The van der Waals surface area contributed by atoms with Crippen LogP contribution in [-0.2, 0) is 17.8 Å². The predicted molar refractivity (Wildman–Crippen MR) is 81.8 cm³/mol. The molecule has 0 radical (unpaired) electrons. The lowest BCUT2D eigenvalue weighted by Gasteiger charge is -2.09. The number of phenols is 1. The summed E-state index contributed by atoms with van der Waals surface area (Å²) in [6, 6.07) is 14.2. The average molecular weight is 299 g/mol. The number of hydrogen-bond acceptors (Lipinski definition) is 4. The monoisotopic (exact) mass is 299 g/mol. The molecule has 2 N–H and O–H groups in total. The SMILES string of the molecule is O=Cc1c(O)cccc1CCNC(=O)OCc1ccccc1. The molecule has 0 atom stereocenters. The second-order valence-electron chi connectivity index (χ2n) is 4.71. The molecule has 114 valence electrons. The number of aromatic hydroxyl groups is 1. The van der Waals surface area contributed by atoms with Gasteiger partial charge in [0.25, 0.3) is 0 Å². The number of nitrogens with one attached hydrogen (secondary N) is 1. The van der Waals surface area contributed by atoms with Gasteiger partial charge in [-0.3, -0.25) is 4.79 Å². The Balaban J connectivity index is 1.78. The highest BCUT2D eigenvalue weighted by Gasteiger charge is 2.07. The average Bonchev–Trinajstić information content (AvgIpc) is 2.54. The summed E-state index contributed by atoms with van der Waals surface area (Å²) >= 11 is 0. The lowest BCUT2D eigenvalue weighted by atomic mass is 10.0. The van der Waals surface area contributed by atoms with Crippen molar-refractivity contribution in [1.82, 2.24) is 5.32 Å². The van der Waals surface area contributed by atoms with E-state index in [-0.39, 0.29) is 17.9 Å². The molecule has 0 spiro atoms. The Morgan fingerprint density at radius 2 is 1.91 bits per heavy atom. The molecular weight excluding hydrogens is 282 g/mol. The first-order chi connectivity index (χ1) is 10.7. The van der Waals surface area contributed by atoms with E-state index in [4.69, 9.17) is 4.74 Å². The number of hydrogen-bond donors (Lipinski definition) is 2. The molecule has 0 unspecified atom stereocenters. The van der Waals surface area contributed by atoms with Gasteiger partial charge in [0.15, 0.2) is 6.29 Å². The normalized spacial score (nSPS) is 10.0. The van der Waals surface area contributed by atoms with Crippen LogP contribution in [0.5, 0.6) is 5.75 Å². The quantitative estimate of drug-likeness (QED) is 0.804. The number of alkyl carbamates (subject to hydrolysis) is 1. The van der Waals surface area contributed by atoms with Gasteiger partial charge in [0, 0.05) is 6.54 Å². The van der Waals surface area contributed by atoms with Gasteiger partial charge in [-0.15, -0.1) is 0 Å². The van der Waals surface area contributed by atoms with Crippen LogP contribution in [0.4, 0.5) is 4.79 Å². The molecular formula is C17H17NO4. The lowest BCUT2D eigenvalue weighted by molar-refractivity contribution is 0.112. The lowest BCUT2D eigenvalue weighted by Crippen LogP contribution is -2.26. The van der Waals surface area contributed by atoms with Crippen molar-refractivity contribution in [2.45, 2.75) is 13.0 Å². The van der Waals surface area contributed by atoms with Crippen molar-refractivity contribution in [3.8, 4) is 5.75 Å². The molecule has 22 heavy (non-hydrogen) atoms. The van der Waals surface area contributed by atoms with Crippen LogP contribution in [-0.4, -0.2) is 24.0 Å². The molecule has 0 fully saturated rings. The molecule has 0 bridgehead atoms. The predicted octanol–water partition coefficient (Wildman–Crippen LogP) is 2.67. The van der Waals surface area contributed by atoms with E-state index in [1.807, 2.05) is 30.3 Å². The van der Waals surface area contributed by atoms with E-state index in [0.29, 0.717) is 24.8 Å². The zero-order valence-electron chi connectivity index (χ0n) is 12.0. The molecule has 0 aliphatic heterocycles. The smallest absolute Gasteiger partial charge is 0.407 e. The van der Waals surface area contributed by atoms with Crippen molar-refractivity contribution in [3.63, 3.8) is 0 Å². The second kappa shape index (κ2) is 7.83. The van der Waals surface area contributed by atoms with Gasteiger partial charge in [-0.05, 0) is 23.6 Å². The van der Waals surface area contributed by atoms with Crippen molar-refractivity contribution < 1.29 is 19.4 Å². The highest BCUT2D eigenvalue weighted by atomic mass is 16.5. The molecule has 0 aliphatic rings. The summed E-state index contributed by atoms with van der Waals surface area (Å²) in [5.74, 6) is -0.0563. The van der Waals surface area contributed by atoms with Gasteiger partial charge in [0.2, 0.25) is 0 Å². The third kappa shape index (κ3) is 4.34. The fraction of sp³-hybridized carbons (Fsp3) is 0.176. The number of rotatable bonds is 6. The molecule has 0 heterocycles. The minimum absolute atomic E-state index is 0.0563. The number of amides is 1. The summed E-state index contributed by atoms with van der Waals surface area (Å²) in [4.78, 5) is 22.5. The maximum Gasteiger partial charge on any atom is 0.407 e. The molecule has 5 nitrogen and oxygen atoms in total. The number of aldehydes is 1. The van der Waals surface area contributed by atoms with E-state index < -0.39 is 6.09 Å².